The summed E-state index contributed by atoms with van der Waals surface area (Å²) in [6, 6.07) is 0.748. The van der Waals surface area contributed by atoms with Crippen LogP contribution in [-0.2, 0) is 6.42 Å². The summed E-state index contributed by atoms with van der Waals surface area (Å²) < 4.78 is 0. The van der Waals surface area contributed by atoms with Gasteiger partial charge in [0, 0.05) is 24.0 Å². The van der Waals surface area contributed by atoms with Crippen LogP contribution in [0.15, 0.2) is 11.6 Å². The van der Waals surface area contributed by atoms with Crippen molar-refractivity contribution in [2.75, 3.05) is 6.54 Å². The van der Waals surface area contributed by atoms with Crippen molar-refractivity contribution in [3.05, 3.63) is 16.6 Å². The standard InChI is InChI=1S/C13H22N2S/c1-2-14-12-6-4-3-5-11(9-12)10-13-15-7-8-16-13/h7-8,11-12,14H,2-6,9-10H2,1H3. The van der Waals surface area contributed by atoms with E-state index in [1.165, 1.54) is 43.5 Å². The molecule has 0 amide bonds. The summed E-state index contributed by atoms with van der Waals surface area (Å²) in [6.07, 6.45) is 10.0. The molecule has 1 saturated carbocycles. The summed E-state index contributed by atoms with van der Waals surface area (Å²) in [5, 5.41) is 7.03. The monoisotopic (exact) mass is 238 g/mol. The summed E-state index contributed by atoms with van der Waals surface area (Å²) in [4.78, 5) is 4.41. The fourth-order valence-corrected chi connectivity index (χ4v) is 3.45. The van der Waals surface area contributed by atoms with Gasteiger partial charge in [0.25, 0.3) is 0 Å². The summed E-state index contributed by atoms with van der Waals surface area (Å²) in [6.45, 7) is 3.31. The van der Waals surface area contributed by atoms with Gasteiger partial charge in [-0.3, -0.25) is 0 Å². The first kappa shape index (κ1) is 12.1. The number of nitrogens with zero attached hydrogens (tertiary/aromatic N) is 1. The first-order valence-corrected chi connectivity index (χ1v) is 7.38. The molecule has 2 nitrogen and oxygen atoms in total. The van der Waals surface area contributed by atoms with Crippen LogP contribution in [0.25, 0.3) is 0 Å². The van der Waals surface area contributed by atoms with Crippen LogP contribution >= 0.6 is 11.3 Å². The molecule has 0 aliphatic heterocycles. The molecule has 90 valence electrons. The van der Waals surface area contributed by atoms with Crippen molar-refractivity contribution in [3.8, 4) is 0 Å². The summed E-state index contributed by atoms with van der Waals surface area (Å²) in [5.74, 6) is 0.845. The van der Waals surface area contributed by atoms with Crippen molar-refractivity contribution >= 4 is 11.3 Å². The third-order valence-electron chi connectivity index (χ3n) is 3.47. The van der Waals surface area contributed by atoms with Crippen molar-refractivity contribution in [1.82, 2.24) is 10.3 Å². The van der Waals surface area contributed by atoms with Crippen molar-refractivity contribution in [2.24, 2.45) is 5.92 Å². The van der Waals surface area contributed by atoms with E-state index in [1.54, 1.807) is 11.3 Å². The largest absolute Gasteiger partial charge is 0.314 e. The smallest absolute Gasteiger partial charge is 0.0927 e. The van der Waals surface area contributed by atoms with E-state index >= 15 is 0 Å². The highest BCUT2D eigenvalue weighted by atomic mass is 32.1. The van der Waals surface area contributed by atoms with Gasteiger partial charge in [0.2, 0.25) is 0 Å². The highest BCUT2D eigenvalue weighted by Crippen LogP contribution is 2.26. The Morgan fingerprint density at radius 2 is 2.31 bits per heavy atom. The second-order valence-electron chi connectivity index (χ2n) is 4.77. The normalized spacial score (nSPS) is 26.6. The highest BCUT2D eigenvalue weighted by Gasteiger charge is 2.20. The Bertz CT molecular complexity index is 284. The van der Waals surface area contributed by atoms with Gasteiger partial charge in [0.05, 0.1) is 5.01 Å². The summed E-state index contributed by atoms with van der Waals surface area (Å²) in [5.41, 5.74) is 0. The molecule has 0 radical (unpaired) electrons. The maximum atomic E-state index is 4.41. The first-order chi connectivity index (χ1) is 7.88. The van der Waals surface area contributed by atoms with Crippen LogP contribution in [-0.4, -0.2) is 17.6 Å². The summed E-state index contributed by atoms with van der Waals surface area (Å²) >= 11 is 1.81. The lowest BCUT2D eigenvalue weighted by Gasteiger charge is -2.19. The second kappa shape index (κ2) is 6.36. The highest BCUT2D eigenvalue weighted by molar-refractivity contribution is 7.09. The Morgan fingerprint density at radius 1 is 1.44 bits per heavy atom. The Hall–Kier alpha value is -0.410. The van der Waals surface area contributed by atoms with E-state index in [2.05, 4.69) is 22.6 Å². The molecule has 0 spiro atoms. The van der Waals surface area contributed by atoms with Gasteiger partial charge in [0.15, 0.2) is 0 Å². The molecule has 0 aromatic carbocycles. The second-order valence-corrected chi connectivity index (χ2v) is 5.75. The van der Waals surface area contributed by atoms with Gasteiger partial charge in [-0.15, -0.1) is 11.3 Å². The molecule has 1 aromatic rings. The third-order valence-corrected chi connectivity index (χ3v) is 4.27. The number of aromatic nitrogens is 1. The predicted molar refractivity (Wildman–Crippen MR) is 69.9 cm³/mol. The molecule has 2 rings (SSSR count). The average molecular weight is 238 g/mol. The zero-order chi connectivity index (χ0) is 11.2. The topological polar surface area (TPSA) is 24.9 Å². The van der Waals surface area contributed by atoms with Gasteiger partial charge in [0.1, 0.15) is 0 Å². The lowest BCUT2D eigenvalue weighted by atomic mass is 9.95. The van der Waals surface area contributed by atoms with Crippen LogP contribution < -0.4 is 5.32 Å². The Balaban J connectivity index is 1.87. The van der Waals surface area contributed by atoms with Crippen LogP contribution in [0.4, 0.5) is 0 Å². The van der Waals surface area contributed by atoms with Crippen LogP contribution in [0, 0.1) is 5.92 Å². The molecule has 3 heteroatoms. The van der Waals surface area contributed by atoms with E-state index in [0.717, 1.165) is 18.5 Å². The Labute approximate surface area is 102 Å². The Morgan fingerprint density at radius 3 is 3.06 bits per heavy atom. The number of hydrogen-bond donors (Lipinski definition) is 1. The van der Waals surface area contributed by atoms with Crippen molar-refractivity contribution in [3.63, 3.8) is 0 Å². The minimum absolute atomic E-state index is 0.748. The van der Waals surface area contributed by atoms with E-state index in [0.29, 0.717) is 0 Å². The summed E-state index contributed by atoms with van der Waals surface area (Å²) in [7, 11) is 0. The quantitative estimate of drug-likeness (QED) is 0.815. The van der Waals surface area contributed by atoms with Crippen LogP contribution in [0.2, 0.25) is 0 Å². The number of thiazole rings is 1. The van der Waals surface area contributed by atoms with Crippen LogP contribution in [0.3, 0.4) is 0 Å². The lowest BCUT2D eigenvalue weighted by Crippen LogP contribution is -2.30. The van der Waals surface area contributed by atoms with Gasteiger partial charge < -0.3 is 5.32 Å². The van der Waals surface area contributed by atoms with Gasteiger partial charge in [-0.25, -0.2) is 4.98 Å². The number of nitrogens with one attached hydrogen (secondary N) is 1. The van der Waals surface area contributed by atoms with E-state index in [4.69, 9.17) is 0 Å². The third kappa shape index (κ3) is 3.56. The minimum Gasteiger partial charge on any atom is -0.314 e. The molecule has 0 saturated heterocycles. The van der Waals surface area contributed by atoms with E-state index in [9.17, 15) is 0 Å². The number of hydrogen-bond acceptors (Lipinski definition) is 3. The number of rotatable bonds is 4. The molecule has 2 unspecified atom stereocenters. The molecule has 0 bridgehead atoms. The molecular weight excluding hydrogens is 216 g/mol. The zero-order valence-electron chi connectivity index (χ0n) is 10.1. The van der Waals surface area contributed by atoms with E-state index in [-0.39, 0.29) is 0 Å². The first-order valence-electron chi connectivity index (χ1n) is 6.50. The van der Waals surface area contributed by atoms with E-state index in [1.807, 2.05) is 6.20 Å². The van der Waals surface area contributed by atoms with Gasteiger partial charge in [-0.05, 0) is 31.7 Å². The minimum atomic E-state index is 0.748. The molecule has 1 aliphatic rings. The molecule has 1 aromatic heterocycles. The molecule has 1 heterocycles. The van der Waals surface area contributed by atoms with Gasteiger partial charge in [-0.2, -0.15) is 0 Å². The zero-order valence-corrected chi connectivity index (χ0v) is 10.9. The lowest BCUT2D eigenvalue weighted by molar-refractivity contribution is 0.389. The van der Waals surface area contributed by atoms with E-state index < -0.39 is 0 Å². The molecular formula is C13H22N2S. The van der Waals surface area contributed by atoms with Crippen molar-refractivity contribution in [1.29, 1.82) is 0 Å². The SMILES string of the molecule is CCNC1CCCCC(Cc2nccs2)C1. The fraction of sp³-hybridized carbons (Fsp3) is 0.769. The Kier molecular flexibility index (Phi) is 4.79. The fourth-order valence-electron chi connectivity index (χ4n) is 2.72. The van der Waals surface area contributed by atoms with Crippen LogP contribution in [0.1, 0.15) is 44.0 Å². The van der Waals surface area contributed by atoms with Gasteiger partial charge >= 0.3 is 0 Å². The van der Waals surface area contributed by atoms with Crippen molar-refractivity contribution in [2.45, 2.75) is 51.5 Å². The molecule has 1 N–H and O–H groups in total. The molecule has 1 aliphatic carbocycles. The van der Waals surface area contributed by atoms with Gasteiger partial charge in [-0.1, -0.05) is 19.8 Å². The molecule has 1 fully saturated rings. The predicted octanol–water partition coefficient (Wildman–Crippen LogP) is 3.24. The van der Waals surface area contributed by atoms with Crippen molar-refractivity contribution < 1.29 is 0 Å². The van der Waals surface area contributed by atoms with Crippen LogP contribution in [0.5, 0.6) is 0 Å². The maximum Gasteiger partial charge on any atom is 0.0927 e. The maximum absolute atomic E-state index is 4.41. The molecule has 2 atom stereocenters. The average Bonchev–Trinajstić information content (AvgIpc) is 2.67. The molecule has 16 heavy (non-hydrogen) atoms.